The molecule has 1 amide bonds. The molecule has 6 nitrogen and oxygen atoms in total. The molecule has 2 aromatic rings. The molecule has 0 atom stereocenters. The lowest BCUT2D eigenvalue weighted by Gasteiger charge is -2.09. The summed E-state index contributed by atoms with van der Waals surface area (Å²) < 4.78 is 0. The second kappa shape index (κ2) is 5.56. The van der Waals surface area contributed by atoms with E-state index in [1.165, 1.54) is 6.07 Å². The lowest BCUT2D eigenvalue weighted by molar-refractivity contribution is 0.0949. The fourth-order valence-electron chi connectivity index (χ4n) is 1.80. The summed E-state index contributed by atoms with van der Waals surface area (Å²) in [7, 11) is 0. The van der Waals surface area contributed by atoms with Gasteiger partial charge in [-0.3, -0.25) is 4.79 Å². The number of aromatic hydroxyl groups is 1. The second-order valence-electron chi connectivity index (χ2n) is 4.56. The molecule has 0 saturated heterocycles. The number of aromatic nitrogens is 2. The number of phenolic OH excluding ortho intramolecular Hbond substituents is 1. The summed E-state index contributed by atoms with van der Waals surface area (Å²) in [6.45, 7) is 3.68. The molecule has 1 aromatic heterocycles. The Labute approximate surface area is 116 Å². The predicted octanol–water partition coefficient (Wildman–Crippen LogP) is 1.31. The fraction of sp³-hybridized carbons (Fsp3) is 0.214. The molecule has 0 aliphatic carbocycles. The number of hydrogen-bond donors (Lipinski definition) is 3. The van der Waals surface area contributed by atoms with Crippen LogP contribution in [0.4, 0.5) is 5.69 Å². The van der Waals surface area contributed by atoms with Gasteiger partial charge >= 0.3 is 0 Å². The molecule has 0 saturated carbocycles. The molecule has 1 heterocycles. The van der Waals surface area contributed by atoms with Crippen LogP contribution < -0.4 is 11.1 Å². The van der Waals surface area contributed by atoms with Crippen molar-refractivity contribution in [2.45, 2.75) is 20.4 Å². The fourth-order valence-corrected chi connectivity index (χ4v) is 1.80. The van der Waals surface area contributed by atoms with Gasteiger partial charge in [-0.15, -0.1) is 0 Å². The zero-order valence-corrected chi connectivity index (χ0v) is 11.3. The highest BCUT2D eigenvalue weighted by molar-refractivity contribution is 5.95. The van der Waals surface area contributed by atoms with E-state index >= 15 is 0 Å². The highest BCUT2D eigenvalue weighted by Crippen LogP contribution is 2.19. The molecule has 0 spiro atoms. The molecule has 20 heavy (non-hydrogen) atoms. The number of carbonyl (C=O) groups excluding carboxylic acids is 1. The van der Waals surface area contributed by atoms with E-state index < -0.39 is 0 Å². The first-order valence-corrected chi connectivity index (χ1v) is 6.14. The molecule has 2 rings (SSSR count). The number of carbonyl (C=O) groups is 1. The van der Waals surface area contributed by atoms with E-state index in [-0.39, 0.29) is 18.2 Å². The van der Waals surface area contributed by atoms with Crippen molar-refractivity contribution in [2.24, 2.45) is 0 Å². The zero-order chi connectivity index (χ0) is 14.7. The predicted molar refractivity (Wildman–Crippen MR) is 75.2 cm³/mol. The summed E-state index contributed by atoms with van der Waals surface area (Å²) in [5.74, 6) is -0.164. The van der Waals surface area contributed by atoms with Crippen LogP contribution in [0.2, 0.25) is 0 Å². The molecule has 4 N–H and O–H groups in total. The van der Waals surface area contributed by atoms with Crippen molar-refractivity contribution < 1.29 is 9.90 Å². The average Bonchev–Trinajstić information content (AvgIpc) is 2.42. The standard InChI is InChI=1S/C14H16N4O2/c1-8-5-12(9(2)18-17-8)14(20)16-7-10-6-11(15)3-4-13(10)19/h3-6,19H,7,15H2,1-2H3,(H,16,20). The van der Waals surface area contributed by atoms with E-state index in [9.17, 15) is 9.90 Å². The number of rotatable bonds is 3. The maximum Gasteiger partial charge on any atom is 0.253 e. The number of nitrogens with one attached hydrogen (secondary N) is 1. The summed E-state index contributed by atoms with van der Waals surface area (Å²) in [5, 5.41) is 20.2. The Morgan fingerprint density at radius 1 is 1.30 bits per heavy atom. The van der Waals surface area contributed by atoms with Crippen molar-refractivity contribution in [1.82, 2.24) is 15.5 Å². The number of benzene rings is 1. The minimum absolute atomic E-state index is 0.0975. The first kappa shape index (κ1) is 13.8. The number of aryl methyl sites for hydroxylation is 2. The Bertz CT molecular complexity index is 656. The van der Waals surface area contributed by atoms with Gasteiger partial charge in [-0.25, -0.2) is 0 Å². The summed E-state index contributed by atoms with van der Waals surface area (Å²) in [4.78, 5) is 12.1. The molecule has 0 bridgehead atoms. The van der Waals surface area contributed by atoms with Gasteiger partial charge in [0.15, 0.2) is 0 Å². The maximum absolute atomic E-state index is 12.1. The van der Waals surface area contributed by atoms with Crippen molar-refractivity contribution >= 4 is 11.6 Å². The summed E-state index contributed by atoms with van der Waals surface area (Å²) in [6, 6.07) is 6.40. The number of anilines is 1. The molecular formula is C14H16N4O2. The SMILES string of the molecule is Cc1cc(C(=O)NCc2cc(N)ccc2O)c(C)nn1. The number of nitrogens with two attached hydrogens (primary N) is 1. The van der Waals surface area contributed by atoms with E-state index in [1.54, 1.807) is 32.0 Å². The number of nitrogens with zero attached hydrogens (tertiary/aromatic N) is 2. The van der Waals surface area contributed by atoms with Crippen molar-refractivity contribution in [3.63, 3.8) is 0 Å². The molecule has 0 aliphatic heterocycles. The van der Waals surface area contributed by atoms with Crippen LogP contribution in [0, 0.1) is 13.8 Å². The Morgan fingerprint density at radius 2 is 2.05 bits per heavy atom. The lowest BCUT2D eigenvalue weighted by atomic mass is 10.1. The number of nitrogen functional groups attached to an aromatic ring is 1. The van der Waals surface area contributed by atoms with Crippen molar-refractivity contribution in [2.75, 3.05) is 5.73 Å². The maximum atomic E-state index is 12.1. The van der Waals surface area contributed by atoms with E-state index in [0.29, 0.717) is 28.2 Å². The van der Waals surface area contributed by atoms with E-state index in [4.69, 9.17) is 5.73 Å². The molecule has 104 valence electrons. The van der Waals surface area contributed by atoms with Gasteiger partial charge in [0.05, 0.1) is 17.0 Å². The minimum atomic E-state index is -0.262. The number of amides is 1. The van der Waals surface area contributed by atoms with Gasteiger partial charge in [0, 0.05) is 17.8 Å². The third-order valence-corrected chi connectivity index (χ3v) is 2.89. The van der Waals surface area contributed by atoms with Gasteiger partial charge < -0.3 is 16.2 Å². The van der Waals surface area contributed by atoms with Crippen LogP contribution in [0.1, 0.15) is 27.3 Å². The number of phenols is 1. The Morgan fingerprint density at radius 3 is 2.80 bits per heavy atom. The van der Waals surface area contributed by atoms with Gasteiger partial charge in [0.2, 0.25) is 0 Å². The Hall–Kier alpha value is -2.63. The van der Waals surface area contributed by atoms with Gasteiger partial charge in [-0.2, -0.15) is 10.2 Å². The van der Waals surface area contributed by atoms with Crippen LogP contribution in [0.15, 0.2) is 24.3 Å². The largest absolute Gasteiger partial charge is 0.508 e. The van der Waals surface area contributed by atoms with Crippen LogP contribution in [0.5, 0.6) is 5.75 Å². The zero-order valence-electron chi connectivity index (χ0n) is 11.3. The summed E-state index contributed by atoms with van der Waals surface area (Å²) in [5.41, 5.74) is 8.45. The quantitative estimate of drug-likeness (QED) is 0.577. The normalized spacial score (nSPS) is 10.3. The van der Waals surface area contributed by atoms with Gasteiger partial charge in [0.1, 0.15) is 5.75 Å². The molecule has 6 heteroatoms. The van der Waals surface area contributed by atoms with Crippen molar-refractivity contribution in [1.29, 1.82) is 0 Å². The Balaban J connectivity index is 2.12. The minimum Gasteiger partial charge on any atom is -0.508 e. The third-order valence-electron chi connectivity index (χ3n) is 2.89. The molecule has 1 aromatic carbocycles. The van der Waals surface area contributed by atoms with Crippen LogP contribution in [0.25, 0.3) is 0 Å². The highest BCUT2D eigenvalue weighted by atomic mass is 16.3. The van der Waals surface area contributed by atoms with Crippen LogP contribution in [-0.2, 0) is 6.54 Å². The van der Waals surface area contributed by atoms with E-state index in [0.717, 1.165) is 0 Å². The van der Waals surface area contributed by atoms with E-state index in [1.807, 2.05) is 0 Å². The summed E-state index contributed by atoms with van der Waals surface area (Å²) >= 11 is 0. The van der Waals surface area contributed by atoms with Crippen LogP contribution in [-0.4, -0.2) is 21.2 Å². The Kier molecular flexibility index (Phi) is 3.84. The average molecular weight is 272 g/mol. The lowest BCUT2D eigenvalue weighted by Crippen LogP contribution is -2.24. The van der Waals surface area contributed by atoms with Crippen molar-refractivity contribution in [3.05, 3.63) is 46.8 Å². The number of hydrogen-bond acceptors (Lipinski definition) is 5. The van der Waals surface area contributed by atoms with Gasteiger partial charge in [-0.1, -0.05) is 0 Å². The topological polar surface area (TPSA) is 101 Å². The van der Waals surface area contributed by atoms with E-state index in [2.05, 4.69) is 15.5 Å². The highest BCUT2D eigenvalue weighted by Gasteiger charge is 2.11. The van der Waals surface area contributed by atoms with Crippen LogP contribution in [0.3, 0.4) is 0 Å². The molecule has 0 fully saturated rings. The van der Waals surface area contributed by atoms with Crippen molar-refractivity contribution in [3.8, 4) is 5.75 Å². The monoisotopic (exact) mass is 272 g/mol. The van der Waals surface area contributed by atoms with Crippen LogP contribution >= 0.6 is 0 Å². The smallest absolute Gasteiger partial charge is 0.253 e. The van der Waals surface area contributed by atoms with Gasteiger partial charge in [0.25, 0.3) is 5.91 Å². The first-order valence-electron chi connectivity index (χ1n) is 6.14. The second-order valence-corrected chi connectivity index (χ2v) is 4.56. The molecule has 0 unspecified atom stereocenters. The molecule has 0 aliphatic rings. The molecule has 0 radical (unpaired) electrons. The van der Waals surface area contributed by atoms with Gasteiger partial charge in [-0.05, 0) is 38.1 Å². The third kappa shape index (κ3) is 3.03. The summed E-state index contributed by atoms with van der Waals surface area (Å²) in [6.07, 6.45) is 0. The first-order chi connectivity index (χ1) is 9.47. The molecular weight excluding hydrogens is 256 g/mol.